The predicted octanol–water partition coefficient (Wildman–Crippen LogP) is 3.07. The van der Waals surface area contributed by atoms with Crippen LogP contribution in [0.15, 0.2) is 78.0 Å². The highest BCUT2D eigenvalue weighted by Gasteiger charge is 2.15. The van der Waals surface area contributed by atoms with Crippen LogP contribution in [0.4, 0.5) is 16.0 Å². The van der Waals surface area contributed by atoms with Crippen molar-refractivity contribution in [2.75, 3.05) is 10.0 Å². The van der Waals surface area contributed by atoms with Gasteiger partial charge in [0.15, 0.2) is 0 Å². The molecule has 0 aliphatic heterocycles. The van der Waals surface area contributed by atoms with E-state index in [1.807, 2.05) is 0 Å². The van der Waals surface area contributed by atoms with Gasteiger partial charge in [-0.2, -0.15) is 0 Å². The first kappa shape index (κ1) is 19.2. The van der Waals surface area contributed by atoms with Crippen molar-refractivity contribution in [3.05, 3.63) is 84.4 Å². The summed E-state index contributed by atoms with van der Waals surface area (Å²) in [6.07, 6.45) is 5.57. The zero-order valence-electron chi connectivity index (χ0n) is 14.4. The highest BCUT2D eigenvalue weighted by atomic mass is 32.2. The predicted molar refractivity (Wildman–Crippen MR) is 103 cm³/mol. The fourth-order valence-electron chi connectivity index (χ4n) is 2.21. The van der Waals surface area contributed by atoms with Crippen molar-refractivity contribution in [3.63, 3.8) is 0 Å². The fourth-order valence-corrected chi connectivity index (χ4v) is 3.17. The highest BCUT2D eigenvalue weighted by molar-refractivity contribution is 7.92. The average molecular weight is 398 g/mol. The van der Waals surface area contributed by atoms with E-state index in [-0.39, 0.29) is 10.8 Å². The summed E-state index contributed by atoms with van der Waals surface area (Å²) in [5.74, 6) is -0.869. The normalized spacial score (nSPS) is 11.3. The molecule has 0 fully saturated rings. The molecule has 0 aliphatic rings. The summed E-state index contributed by atoms with van der Waals surface area (Å²) in [6, 6.07) is 13.0. The summed E-state index contributed by atoms with van der Waals surface area (Å²) in [7, 11) is -3.85. The van der Waals surface area contributed by atoms with Gasteiger partial charge >= 0.3 is 0 Å². The average Bonchev–Trinajstić information content (AvgIpc) is 2.67. The van der Waals surface area contributed by atoms with Gasteiger partial charge in [0.05, 0.1) is 4.90 Å². The standard InChI is InChI=1S/C19H15FN4O3S/c20-15-4-1-3-14(13-15)5-10-18(25)23-16-6-8-17(9-7-16)28(26,27)24-19-21-11-2-12-22-19/h1-13H,(H,23,25)(H,21,22,24). The molecule has 0 radical (unpaired) electrons. The molecule has 0 aliphatic carbocycles. The summed E-state index contributed by atoms with van der Waals surface area (Å²) in [5.41, 5.74) is 0.953. The molecule has 0 spiro atoms. The van der Waals surface area contributed by atoms with Gasteiger partial charge in [-0.25, -0.2) is 27.5 Å². The lowest BCUT2D eigenvalue weighted by Gasteiger charge is -2.07. The van der Waals surface area contributed by atoms with Crippen LogP contribution >= 0.6 is 0 Å². The van der Waals surface area contributed by atoms with E-state index in [1.165, 1.54) is 60.9 Å². The molecule has 1 aromatic heterocycles. The van der Waals surface area contributed by atoms with Gasteiger partial charge in [-0.1, -0.05) is 12.1 Å². The largest absolute Gasteiger partial charge is 0.323 e. The highest BCUT2D eigenvalue weighted by Crippen LogP contribution is 2.16. The van der Waals surface area contributed by atoms with Gasteiger partial charge in [-0.05, 0) is 54.1 Å². The first-order valence-electron chi connectivity index (χ1n) is 8.07. The van der Waals surface area contributed by atoms with Crippen molar-refractivity contribution >= 4 is 33.6 Å². The van der Waals surface area contributed by atoms with Gasteiger partial charge in [-0.15, -0.1) is 0 Å². The van der Waals surface area contributed by atoms with Crippen LogP contribution in [0.1, 0.15) is 5.56 Å². The Labute approximate surface area is 161 Å². The molecular weight excluding hydrogens is 383 g/mol. The Hall–Kier alpha value is -3.59. The number of benzene rings is 2. The number of nitrogens with one attached hydrogen (secondary N) is 2. The number of nitrogens with zero attached hydrogens (tertiary/aromatic N) is 2. The van der Waals surface area contributed by atoms with Crippen molar-refractivity contribution in [2.45, 2.75) is 4.90 Å². The number of amides is 1. The topological polar surface area (TPSA) is 101 Å². The number of anilines is 2. The zero-order chi connectivity index (χ0) is 20.0. The third-order valence-electron chi connectivity index (χ3n) is 3.50. The number of hydrogen-bond acceptors (Lipinski definition) is 5. The van der Waals surface area contributed by atoms with Crippen molar-refractivity contribution in [3.8, 4) is 0 Å². The minimum Gasteiger partial charge on any atom is -0.323 e. The van der Waals surface area contributed by atoms with E-state index < -0.39 is 21.7 Å². The number of carbonyl (C=O) groups is 1. The Balaban J connectivity index is 1.64. The van der Waals surface area contributed by atoms with Crippen molar-refractivity contribution in [2.24, 2.45) is 0 Å². The Bertz CT molecular complexity index is 1100. The molecule has 0 saturated heterocycles. The van der Waals surface area contributed by atoms with Crippen molar-refractivity contribution in [1.82, 2.24) is 9.97 Å². The summed E-state index contributed by atoms with van der Waals surface area (Å²) < 4.78 is 40.0. The lowest BCUT2D eigenvalue weighted by molar-refractivity contribution is -0.111. The minimum absolute atomic E-state index is 0.00625. The Kier molecular flexibility index (Phi) is 5.75. The fraction of sp³-hybridized carbons (Fsp3) is 0. The second-order valence-electron chi connectivity index (χ2n) is 5.58. The van der Waals surface area contributed by atoms with Crippen LogP contribution in [0.5, 0.6) is 0 Å². The summed E-state index contributed by atoms with van der Waals surface area (Å²) in [6.45, 7) is 0. The van der Waals surface area contributed by atoms with Crippen LogP contribution in [-0.2, 0) is 14.8 Å². The Morgan fingerprint density at radius 1 is 1.00 bits per heavy atom. The first-order valence-corrected chi connectivity index (χ1v) is 9.55. The molecule has 0 saturated carbocycles. The van der Waals surface area contributed by atoms with Gasteiger partial charge in [0, 0.05) is 24.2 Å². The molecule has 3 aromatic rings. The third kappa shape index (κ3) is 5.21. The number of carbonyl (C=O) groups excluding carboxylic acids is 1. The van der Waals surface area contributed by atoms with Gasteiger partial charge in [0.2, 0.25) is 11.9 Å². The number of hydrogen-bond donors (Lipinski definition) is 2. The van der Waals surface area contributed by atoms with E-state index in [0.717, 1.165) is 0 Å². The third-order valence-corrected chi connectivity index (χ3v) is 4.84. The lowest BCUT2D eigenvalue weighted by Crippen LogP contribution is -2.15. The van der Waals surface area contributed by atoms with Gasteiger partial charge < -0.3 is 5.32 Å². The summed E-state index contributed by atoms with van der Waals surface area (Å²) in [4.78, 5) is 19.6. The van der Waals surface area contributed by atoms with Gasteiger partial charge in [0.25, 0.3) is 10.0 Å². The molecular formula is C19H15FN4O3S. The van der Waals surface area contributed by atoms with Gasteiger partial charge in [0.1, 0.15) is 5.82 Å². The van der Waals surface area contributed by atoms with E-state index >= 15 is 0 Å². The van der Waals surface area contributed by atoms with Crippen LogP contribution in [0, 0.1) is 5.82 Å². The van der Waals surface area contributed by atoms with Crippen LogP contribution in [0.3, 0.4) is 0 Å². The smallest absolute Gasteiger partial charge is 0.264 e. The molecule has 7 nitrogen and oxygen atoms in total. The van der Waals surface area contributed by atoms with Crippen molar-refractivity contribution < 1.29 is 17.6 Å². The van der Waals surface area contributed by atoms with E-state index in [9.17, 15) is 17.6 Å². The molecule has 0 unspecified atom stereocenters. The molecule has 142 valence electrons. The number of aromatic nitrogens is 2. The maximum atomic E-state index is 13.1. The Morgan fingerprint density at radius 3 is 2.39 bits per heavy atom. The minimum atomic E-state index is -3.85. The monoisotopic (exact) mass is 398 g/mol. The van der Waals surface area contributed by atoms with E-state index in [4.69, 9.17) is 0 Å². The molecule has 1 amide bonds. The first-order chi connectivity index (χ1) is 13.4. The second kappa shape index (κ2) is 8.40. The molecule has 2 N–H and O–H groups in total. The summed E-state index contributed by atoms with van der Waals surface area (Å²) >= 11 is 0. The van der Waals surface area contributed by atoms with Gasteiger partial charge in [-0.3, -0.25) is 4.79 Å². The maximum Gasteiger partial charge on any atom is 0.264 e. The molecule has 28 heavy (non-hydrogen) atoms. The number of halogens is 1. The maximum absolute atomic E-state index is 13.1. The molecule has 0 atom stereocenters. The van der Waals surface area contributed by atoms with E-state index in [0.29, 0.717) is 11.3 Å². The summed E-state index contributed by atoms with van der Waals surface area (Å²) in [5, 5.41) is 2.60. The SMILES string of the molecule is O=C(C=Cc1cccc(F)c1)Nc1ccc(S(=O)(=O)Nc2ncccn2)cc1. The molecule has 0 bridgehead atoms. The molecule has 3 rings (SSSR count). The molecule has 9 heteroatoms. The van der Waals surface area contributed by atoms with E-state index in [1.54, 1.807) is 18.2 Å². The van der Waals surface area contributed by atoms with Crippen LogP contribution in [0.2, 0.25) is 0 Å². The molecule has 2 aromatic carbocycles. The van der Waals surface area contributed by atoms with Crippen LogP contribution < -0.4 is 10.0 Å². The second-order valence-corrected chi connectivity index (χ2v) is 7.26. The Morgan fingerprint density at radius 2 is 1.71 bits per heavy atom. The number of rotatable bonds is 6. The zero-order valence-corrected chi connectivity index (χ0v) is 15.2. The molecule has 1 heterocycles. The van der Waals surface area contributed by atoms with Crippen molar-refractivity contribution in [1.29, 1.82) is 0 Å². The van der Waals surface area contributed by atoms with Crippen LogP contribution in [0.25, 0.3) is 6.08 Å². The lowest BCUT2D eigenvalue weighted by atomic mass is 10.2. The van der Waals surface area contributed by atoms with Crippen LogP contribution in [-0.4, -0.2) is 24.3 Å². The number of sulfonamides is 1. The van der Waals surface area contributed by atoms with E-state index in [2.05, 4.69) is 20.0 Å². The quantitative estimate of drug-likeness (QED) is 0.622.